The maximum absolute atomic E-state index is 12.4. The second kappa shape index (κ2) is 9.49. The molecule has 0 aromatic heterocycles. The summed E-state index contributed by atoms with van der Waals surface area (Å²) in [5.41, 5.74) is 5.05. The van der Waals surface area contributed by atoms with E-state index < -0.39 is 30.3 Å². The zero-order chi connectivity index (χ0) is 22.7. The van der Waals surface area contributed by atoms with Gasteiger partial charge in [-0.2, -0.15) is 0 Å². The number of nitrogens with one attached hydrogen (secondary N) is 1. The van der Waals surface area contributed by atoms with Gasteiger partial charge < -0.3 is 4.74 Å². The molecule has 2 aromatic rings. The number of benzene rings is 2. The highest BCUT2D eigenvalue weighted by molar-refractivity contribution is 6.36. The van der Waals surface area contributed by atoms with Gasteiger partial charge in [-0.1, -0.05) is 35.3 Å². The van der Waals surface area contributed by atoms with Crippen LogP contribution in [-0.4, -0.2) is 41.7 Å². The van der Waals surface area contributed by atoms with Crippen LogP contribution >= 0.6 is 23.2 Å². The number of hydrogen-bond acceptors (Lipinski definition) is 5. The molecule has 31 heavy (non-hydrogen) atoms. The van der Waals surface area contributed by atoms with Gasteiger partial charge >= 0.3 is 5.97 Å². The first-order chi connectivity index (χ1) is 14.7. The third-order valence-electron chi connectivity index (χ3n) is 5.05. The zero-order valence-electron chi connectivity index (χ0n) is 16.9. The van der Waals surface area contributed by atoms with Crippen LogP contribution in [0.5, 0.6) is 0 Å². The van der Waals surface area contributed by atoms with Gasteiger partial charge in [-0.3, -0.25) is 29.6 Å². The molecule has 1 atom stereocenters. The van der Waals surface area contributed by atoms with Crippen LogP contribution in [-0.2, 0) is 14.3 Å². The van der Waals surface area contributed by atoms with Gasteiger partial charge in [-0.05, 0) is 49.2 Å². The fourth-order valence-electron chi connectivity index (χ4n) is 3.08. The molecule has 162 valence electrons. The number of ketones is 1. The molecule has 0 radical (unpaired) electrons. The van der Waals surface area contributed by atoms with Crippen molar-refractivity contribution in [3.63, 3.8) is 0 Å². The summed E-state index contributed by atoms with van der Waals surface area (Å²) in [5, 5.41) is 1.55. The van der Waals surface area contributed by atoms with Crippen molar-refractivity contribution in [2.24, 2.45) is 5.92 Å². The Hall–Kier alpha value is -2.90. The first kappa shape index (κ1) is 22.8. The van der Waals surface area contributed by atoms with Crippen LogP contribution in [0.3, 0.4) is 0 Å². The number of ether oxygens (including phenoxy) is 1. The Labute approximate surface area is 189 Å². The van der Waals surface area contributed by atoms with Crippen LogP contribution in [0.1, 0.15) is 38.3 Å². The molecular weight excluding hydrogens is 443 g/mol. The Balaban J connectivity index is 1.55. The van der Waals surface area contributed by atoms with Crippen LogP contribution in [0.25, 0.3) is 0 Å². The van der Waals surface area contributed by atoms with E-state index in [-0.39, 0.29) is 29.3 Å². The van der Waals surface area contributed by atoms with Gasteiger partial charge in [0.05, 0.1) is 23.0 Å². The number of carbonyl (C=O) groups is 4. The van der Waals surface area contributed by atoms with Gasteiger partial charge in [0.1, 0.15) is 0 Å². The third-order valence-corrected chi connectivity index (χ3v) is 5.59. The van der Waals surface area contributed by atoms with E-state index in [2.05, 4.69) is 5.43 Å². The number of nitrogens with zero attached hydrogens (tertiary/aromatic N) is 1. The summed E-state index contributed by atoms with van der Waals surface area (Å²) in [4.78, 5) is 49.2. The second-order valence-electron chi connectivity index (χ2n) is 7.30. The maximum atomic E-state index is 12.4. The van der Waals surface area contributed by atoms with Crippen LogP contribution in [0.15, 0.2) is 36.4 Å². The van der Waals surface area contributed by atoms with E-state index in [1.54, 1.807) is 12.1 Å². The molecule has 1 fully saturated rings. The zero-order valence-corrected chi connectivity index (χ0v) is 18.4. The molecule has 3 rings (SSSR count). The molecule has 9 heteroatoms. The lowest BCUT2D eigenvalue weighted by Gasteiger charge is -2.18. The van der Waals surface area contributed by atoms with E-state index in [1.807, 2.05) is 19.9 Å². The summed E-state index contributed by atoms with van der Waals surface area (Å²) in [6, 6.07) is 9.59. The van der Waals surface area contributed by atoms with Crippen LogP contribution in [0.2, 0.25) is 10.0 Å². The highest BCUT2D eigenvalue weighted by atomic mass is 35.5. The topological polar surface area (TPSA) is 92.8 Å². The quantitative estimate of drug-likeness (QED) is 0.523. The number of amides is 2. The Bertz CT molecular complexity index is 1070. The van der Waals surface area contributed by atoms with Crippen molar-refractivity contribution in [2.45, 2.75) is 20.3 Å². The van der Waals surface area contributed by atoms with Crippen molar-refractivity contribution in [3.05, 3.63) is 68.7 Å². The lowest BCUT2D eigenvalue weighted by molar-refractivity contribution is -0.147. The third kappa shape index (κ3) is 5.42. The lowest BCUT2D eigenvalue weighted by Crippen LogP contribution is -2.43. The number of aryl methyl sites for hydroxylation is 2. The summed E-state index contributed by atoms with van der Waals surface area (Å²) < 4.78 is 5.11. The molecule has 0 spiro atoms. The molecule has 2 amide bonds. The largest absolute Gasteiger partial charge is 0.457 e. The molecular formula is C22H20Cl2N2O5. The minimum absolute atomic E-state index is 0.0630. The minimum Gasteiger partial charge on any atom is -0.457 e. The lowest BCUT2D eigenvalue weighted by atomic mass is 10.0. The monoisotopic (exact) mass is 462 g/mol. The number of rotatable bonds is 6. The van der Waals surface area contributed by atoms with E-state index in [9.17, 15) is 19.2 Å². The highest BCUT2D eigenvalue weighted by Crippen LogP contribution is 2.22. The van der Waals surface area contributed by atoms with Gasteiger partial charge in [0.2, 0.25) is 5.91 Å². The van der Waals surface area contributed by atoms with Gasteiger partial charge in [0.15, 0.2) is 12.4 Å². The highest BCUT2D eigenvalue weighted by Gasteiger charge is 2.37. The van der Waals surface area contributed by atoms with Gasteiger partial charge in [-0.25, -0.2) is 0 Å². The van der Waals surface area contributed by atoms with Crippen molar-refractivity contribution in [2.75, 3.05) is 13.2 Å². The van der Waals surface area contributed by atoms with Crippen molar-refractivity contribution in [1.29, 1.82) is 0 Å². The molecule has 1 saturated heterocycles. The number of carbonyl (C=O) groups excluding carboxylic acids is 4. The summed E-state index contributed by atoms with van der Waals surface area (Å²) in [6.07, 6.45) is -0.134. The SMILES string of the molecule is Cc1ccc(C(=O)COC(=O)C2CC(=O)N(NC(=O)c3ccc(Cl)cc3Cl)C2)cc1C. The van der Waals surface area contributed by atoms with E-state index >= 15 is 0 Å². The molecule has 7 nitrogen and oxygen atoms in total. The fourth-order valence-corrected chi connectivity index (χ4v) is 3.58. The fraction of sp³-hybridized carbons (Fsp3) is 0.273. The predicted octanol–water partition coefficient (Wildman–Crippen LogP) is 3.53. The molecule has 1 N–H and O–H groups in total. The molecule has 0 bridgehead atoms. The summed E-state index contributed by atoms with van der Waals surface area (Å²) in [7, 11) is 0. The number of hydrazine groups is 1. The summed E-state index contributed by atoms with van der Waals surface area (Å²) in [6.45, 7) is 3.35. The van der Waals surface area contributed by atoms with Crippen molar-refractivity contribution in [3.8, 4) is 0 Å². The minimum atomic E-state index is -0.791. The Morgan fingerprint density at radius 1 is 1.10 bits per heavy atom. The first-order valence-electron chi connectivity index (χ1n) is 9.49. The Morgan fingerprint density at radius 3 is 2.52 bits per heavy atom. The first-order valence-corrected chi connectivity index (χ1v) is 10.2. The van der Waals surface area contributed by atoms with E-state index in [1.165, 1.54) is 18.2 Å². The molecule has 1 aliphatic rings. The van der Waals surface area contributed by atoms with Crippen LogP contribution < -0.4 is 5.43 Å². The maximum Gasteiger partial charge on any atom is 0.311 e. The smallest absolute Gasteiger partial charge is 0.311 e. The van der Waals surface area contributed by atoms with Gasteiger partial charge in [-0.15, -0.1) is 0 Å². The van der Waals surface area contributed by atoms with E-state index in [4.69, 9.17) is 27.9 Å². The van der Waals surface area contributed by atoms with Crippen molar-refractivity contribution < 1.29 is 23.9 Å². The summed E-state index contributed by atoms with van der Waals surface area (Å²) >= 11 is 11.8. The molecule has 2 aromatic carbocycles. The standard InChI is InChI=1S/C22H20Cl2N2O5/c1-12-3-4-14(7-13(12)2)19(27)11-31-22(30)15-8-20(28)26(10-15)25-21(29)17-6-5-16(23)9-18(17)24/h3-7,9,15H,8,10-11H2,1-2H3,(H,25,29). The number of hydrogen-bond donors (Lipinski definition) is 1. The predicted molar refractivity (Wildman–Crippen MR) is 115 cm³/mol. The average Bonchev–Trinajstić information content (AvgIpc) is 3.08. The Morgan fingerprint density at radius 2 is 1.84 bits per heavy atom. The average molecular weight is 463 g/mol. The molecule has 1 aliphatic heterocycles. The van der Waals surface area contributed by atoms with Crippen LogP contribution in [0, 0.1) is 19.8 Å². The van der Waals surface area contributed by atoms with Crippen molar-refractivity contribution >= 4 is 46.8 Å². The van der Waals surface area contributed by atoms with E-state index in [0.717, 1.165) is 16.1 Å². The van der Waals surface area contributed by atoms with Crippen LogP contribution in [0.4, 0.5) is 0 Å². The molecule has 1 unspecified atom stereocenters. The van der Waals surface area contributed by atoms with Crippen molar-refractivity contribution in [1.82, 2.24) is 10.4 Å². The number of esters is 1. The Kier molecular flexibility index (Phi) is 6.97. The number of Topliss-reactive ketones (excluding diaryl/α,β-unsaturated/α-hetero) is 1. The molecule has 1 heterocycles. The molecule has 0 aliphatic carbocycles. The van der Waals surface area contributed by atoms with E-state index in [0.29, 0.717) is 10.6 Å². The normalized spacial score (nSPS) is 15.7. The van der Waals surface area contributed by atoms with Gasteiger partial charge in [0, 0.05) is 17.0 Å². The summed E-state index contributed by atoms with van der Waals surface area (Å²) in [5.74, 6) is -2.84. The number of halogens is 2. The molecule has 0 saturated carbocycles. The second-order valence-corrected chi connectivity index (χ2v) is 8.14. The van der Waals surface area contributed by atoms with Gasteiger partial charge in [0.25, 0.3) is 5.91 Å².